The summed E-state index contributed by atoms with van der Waals surface area (Å²) in [5.41, 5.74) is 0. The molecule has 13 heavy (non-hydrogen) atoms. The average Bonchev–Trinajstić information content (AvgIpc) is 2.19. The Bertz CT molecular complexity index is 116. The van der Waals surface area contributed by atoms with Crippen molar-refractivity contribution in [1.82, 2.24) is 5.32 Å². The molecule has 1 heteroatoms. The lowest BCUT2D eigenvalue weighted by Gasteiger charge is -2.28. The van der Waals surface area contributed by atoms with Crippen molar-refractivity contribution in [3.05, 3.63) is 13.3 Å². The highest BCUT2D eigenvalue weighted by Crippen LogP contribution is 2.26. The van der Waals surface area contributed by atoms with E-state index in [1.807, 2.05) is 6.42 Å². The molecule has 0 aromatic carbocycles. The minimum absolute atomic E-state index is 0.709. The van der Waals surface area contributed by atoms with Crippen molar-refractivity contribution < 1.29 is 0 Å². The van der Waals surface area contributed by atoms with Crippen LogP contribution >= 0.6 is 0 Å². The van der Waals surface area contributed by atoms with E-state index in [1.54, 1.807) is 0 Å². The highest BCUT2D eigenvalue weighted by atomic mass is 14.9. The first-order chi connectivity index (χ1) is 6.34. The zero-order valence-corrected chi connectivity index (χ0v) is 8.89. The monoisotopic (exact) mass is 181 g/mol. The molecule has 1 rings (SSSR count). The van der Waals surface area contributed by atoms with Crippen LogP contribution in [0.4, 0.5) is 0 Å². The fraction of sp³-hybridized carbons (Fsp3) is 0.833. The summed E-state index contributed by atoms with van der Waals surface area (Å²) < 4.78 is 0. The van der Waals surface area contributed by atoms with Gasteiger partial charge in [0.1, 0.15) is 0 Å². The van der Waals surface area contributed by atoms with E-state index < -0.39 is 0 Å². The Morgan fingerprint density at radius 2 is 2.08 bits per heavy atom. The van der Waals surface area contributed by atoms with Gasteiger partial charge in [-0.15, -0.1) is 6.92 Å². The summed E-state index contributed by atoms with van der Waals surface area (Å²) >= 11 is 0. The van der Waals surface area contributed by atoms with Gasteiger partial charge in [-0.1, -0.05) is 25.7 Å². The predicted molar refractivity (Wildman–Crippen MR) is 58.3 cm³/mol. The summed E-state index contributed by atoms with van der Waals surface area (Å²) in [4.78, 5) is 0. The standard InChI is InChI=1S/C12H23N/c1-3-4-10-13-11(2)12-8-6-5-7-9-12/h3,11-13H,1,4-10H2,2H3. The molecule has 0 radical (unpaired) electrons. The van der Waals surface area contributed by atoms with Crippen LogP contribution in [-0.2, 0) is 0 Å². The number of nitrogens with one attached hydrogen (secondary N) is 1. The van der Waals surface area contributed by atoms with Crippen LogP contribution in [-0.4, -0.2) is 12.6 Å². The smallest absolute Gasteiger partial charge is 0.0694 e. The molecule has 1 saturated carbocycles. The lowest BCUT2D eigenvalue weighted by molar-refractivity contribution is 0.283. The quantitative estimate of drug-likeness (QED) is 0.508. The zero-order chi connectivity index (χ0) is 9.52. The largest absolute Gasteiger partial charge is 0.310 e. The van der Waals surface area contributed by atoms with Crippen molar-refractivity contribution in [1.29, 1.82) is 0 Å². The van der Waals surface area contributed by atoms with E-state index in [-0.39, 0.29) is 0 Å². The second-order valence-corrected chi connectivity index (χ2v) is 4.22. The maximum Gasteiger partial charge on any atom is 0.0694 e. The molecule has 0 bridgehead atoms. The van der Waals surface area contributed by atoms with E-state index >= 15 is 0 Å². The second kappa shape index (κ2) is 6.31. The topological polar surface area (TPSA) is 12.0 Å². The number of hydrogen-bond donors (Lipinski definition) is 1. The van der Waals surface area contributed by atoms with Crippen molar-refractivity contribution >= 4 is 0 Å². The van der Waals surface area contributed by atoms with Gasteiger partial charge in [0.15, 0.2) is 0 Å². The fourth-order valence-corrected chi connectivity index (χ4v) is 2.21. The first kappa shape index (κ1) is 10.9. The third-order valence-corrected chi connectivity index (χ3v) is 3.17. The van der Waals surface area contributed by atoms with Gasteiger partial charge in [-0.2, -0.15) is 0 Å². The Morgan fingerprint density at radius 3 is 2.69 bits per heavy atom. The Kier molecular flexibility index (Phi) is 5.29. The lowest BCUT2D eigenvalue weighted by atomic mass is 9.84. The molecule has 1 N–H and O–H groups in total. The molecule has 0 aromatic heterocycles. The van der Waals surface area contributed by atoms with Crippen molar-refractivity contribution in [2.45, 2.75) is 51.5 Å². The molecule has 1 aliphatic rings. The molecule has 1 fully saturated rings. The van der Waals surface area contributed by atoms with Crippen LogP contribution in [0, 0.1) is 19.3 Å². The van der Waals surface area contributed by atoms with Gasteiger partial charge in [-0.25, -0.2) is 0 Å². The average molecular weight is 181 g/mol. The zero-order valence-electron chi connectivity index (χ0n) is 8.89. The third-order valence-electron chi connectivity index (χ3n) is 3.17. The first-order valence-corrected chi connectivity index (χ1v) is 5.69. The van der Waals surface area contributed by atoms with Gasteiger partial charge >= 0.3 is 0 Å². The molecule has 0 spiro atoms. The number of unbranched alkanes of at least 4 members (excludes halogenated alkanes) is 1. The molecular formula is C12H23N. The third kappa shape index (κ3) is 4.04. The van der Waals surface area contributed by atoms with Crippen LogP contribution in [0.15, 0.2) is 0 Å². The van der Waals surface area contributed by atoms with E-state index in [0.29, 0.717) is 6.04 Å². The van der Waals surface area contributed by atoms with Gasteiger partial charge in [-0.3, -0.25) is 0 Å². The molecule has 0 saturated heterocycles. The van der Waals surface area contributed by atoms with E-state index in [0.717, 1.165) is 18.9 Å². The van der Waals surface area contributed by atoms with Crippen LogP contribution in [0.2, 0.25) is 0 Å². The van der Waals surface area contributed by atoms with Crippen molar-refractivity contribution in [3.8, 4) is 0 Å². The summed E-state index contributed by atoms with van der Waals surface area (Å²) in [6.45, 7) is 7.16. The molecule has 1 aliphatic carbocycles. The van der Waals surface area contributed by atoms with Gasteiger partial charge < -0.3 is 5.32 Å². The van der Waals surface area contributed by atoms with Gasteiger partial charge in [0.05, 0.1) is 6.42 Å². The van der Waals surface area contributed by atoms with E-state index in [4.69, 9.17) is 0 Å². The molecule has 0 amide bonds. The summed E-state index contributed by atoms with van der Waals surface area (Å²) in [6.07, 6.45) is 10.3. The molecule has 0 aromatic rings. The lowest BCUT2D eigenvalue weighted by Crippen LogP contribution is -2.35. The first-order valence-electron chi connectivity index (χ1n) is 5.69. The van der Waals surface area contributed by atoms with Gasteiger partial charge in [-0.05, 0) is 25.7 Å². The second-order valence-electron chi connectivity index (χ2n) is 4.22. The Labute approximate surface area is 83.3 Å². The minimum atomic E-state index is 0.709. The molecule has 1 unspecified atom stereocenters. The molecule has 76 valence electrons. The maximum absolute atomic E-state index is 3.73. The van der Waals surface area contributed by atoms with Crippen LogP contribution in [0.1, 0.15) is 45.4 Å². The summed E-state index contributed by atoms with van der Waals surface area (Å²) in [5, 5.41) is 3.58. The maximum atomic E-state index is 3.73. The Morgan fingerprint density at radius 1 is 1.38 bits per heavy atom. The van der Waals surface area contributed by atoms with Crippen molar-refractivity contribution in [2.24, 2.45) is 5.92 Å². The van der Waals surface area contributed by atoms with E-state index in [9.17, 15) is 0 Å². The van der Waals surface area contributed by atoms with Crippen LogP contribution in [0.3, 0.4) is 0 Å². The molecule has 1 atom stereocenters. The summed E-state index contributed by atoms with van der Waals surface area (Å²) in [5.74, 6) is 0.929. The van der Waals surface area contributed by atoms with Crippen LogP contribution < -0.4 is 5.32 Å². The molecule has 0 heterocycles. The normalized spacial score (nSPS) is 21.4. The van der Waals surface area contributed by atoms with Crippen molar-refractivity contribution in [3.63, 3.8) is 0 Å². The molecular weight excluding hydrogens is 158 g/mol. The van der Waals surface area contributed by atoms with E-state index in [2.05, 4.69) is 19.2 Å². The van der Waals surface area contributed by atoms with Gasteiger partial charge in [0.25, 0.3) is 0 Å². The number of hydrogen-bond acceptors (Lipinski definition) is 1. The van der Waals surface area contributed by atoms with Crippen molar-refractivity contribution in [2.75, 3.05) is 6.54 Å². The Hall–Kier alpha value is -0.170. The SMILES string of the molecule is [CH2-][CH+]CCNC(C)C1CCCCC1. The summed E-state index contributed by atoms with van der Waals surface area (Å²) in [7, 11) is 0. The van der Waals surface area contributed by atoms with Gasteiger partial charge in [0.2, 0.25) is 0 Å². The van der Waals surface area contributed by atoms with Crippen LogP contribution in [0.5, 0.6) is 0 Å². The molecule has 1 nitrogen and oxygen atoms in total. The van der Waals surface area contributed by atoms with E-state index in [1.165, 1.54) is 32.1 Å². The Balaban J connectivity index is 2.09. The molecule has 0 aliphatic heterocycles. The highest BCUT2D eigenvalue weighted by molar-refractivity contribution is 4.77. The highest BCUT2D eigenvalue weighted by Gasteiger charge is 2.19. The van der Waals surface area contributed by atoms with Gasteiger partial charge in [0, 0.05) is 12.6 Å². The van der Waals surface area contributed by atoms with Crippen LogP contribution in [0.25, 0.3) is 0 Å². The fourth-order valence-electron chi connectivity index (χ4n) is 2.21. The minimum Gasteiger partial charge on any atom is -0.310 e. The number of rotatable bonds is 5. The summed E-state index contributed by atoms with van der Waals surface area (Å²) in [6, 6.07) is 0.709. The predicted octanol–water partition coefficient (Wildman–Crippen LogP) is 2.97.